The Labute approximate surface area is 151 Å². The van der Waals surface area contributed by atoms with Crippen LogP contribution in [0.3, 0.4) is 0 Å². The van der Waals surface area contributed by atoms with Crippen LogP contribution in [-0.2, 0) is 12.1 Å². The van der Waals surface area contributed by atoms with E-state index in [1.165, 1.54) is 5.56 Å². The maximum atomic E-state index is 13.7. The van der Waals surface area contributed by atoms with Crippen molar-refractivity contribution in [3.05, 3.63) is 71.0 Å². The van der Waals surface area contributed by atoms with Crippen LogP contribution in [0.15, 0.2) is 42.5 Å². The fourth-order valence-electron chi connectivity index (χ4n) is 4.63. The Bertz CT molecular complexity index is 758. The summed E-state index contributed by atoms with van der Waals surface area (Å²) in [4.78, 5) is 2.41. The highest BCUT2D eigenvalue weighted by Crippen LogP contribution is 2.45. The SMILES string of the molecule is OC1(c2cc(F)c(F)c(F)c2)CC2CCCC(C1)N2Cc1ccccc1. The average Bonchev–Trinajstić information content (AvgIpc) is 2.61. The van der Waals surface area contributed by atoms with Gasteiger partial charge < -0.3 is 5.11 Å². The lowest BCUT2D eigenvalue weighted by atomic mass is 9.72. The summed E-state index contributed by atoms with van der Waals surface area (Å²) in [5.74, 6) is -3.98. The number of nitrogens with zero attached hydrogens (tertiary/aromatic N) is 1. The first-order chi connectivity index (χ1) is 12.5. The molecular weight excluding hydrogens is 339 g/mol. The fraction of sp³-hybridized carbons (Fsp3) is 0.429. The van der Waals surface area contributed by atoms with E-state index in [0.717, 1.165) is 37.9 Å². The Kier molecular flexibility index (Phi) is 4.53. The first kappa shape index (κ1) is 17.6. The number of fused-ring (bicyclic) bond motifs is 2. The molecule has 1 N–H and O–H groups in total. The molecule has 2 aromatic carbocycles. The zero-order valence-corrected chi connectivity index (χ0v) is 14.5. The summed E-state index contributed by atoms with van der Waals surface area (Å²) in [5.41, 5.74) is 0.0390. The Morgan fingerprint density at radius 2 is 1.54 bits per heavy atom. The maximum Gasteiger partial charge on any atom is 0.194 e. The molecule has 2 aromatic rings. The fourth-order valence-corrected chi connectivity index (χ4v) is 4.63. The molecule has 2 heterocycles. The van der Waals surface area contributed by atoms with Gasteiger partial charge in [-0.1, -0.05) is 36.8 Å². The van der Waals surface area contributed by atoms with E-state index in [4.69, 9.17) is 0 Å². The van der Waals surface area contributed by atoms with Gasteiger partial charge in [-0.25, -0.2) is 13.2 Å². The predicted molar refractivity (Wildman–Crippen MR) is 92.9 cm³/mol. The molecule has 4 rings (SSSR count). The van der Waals surface area contributed by atoms with Crippen molar-refractivity contribution >= 4 is 0 Å². The van der Waals surface area contributed by atoms with Crippen LogP contribution in [-0.4, -0.2) is 22.1 Å². The van der Waals surface area contributed by atoms with Gasteiger partial charge in [-0.3, -0.25) is 4.90 Å². The molecule has 2 saturated heterocycles. The van der Waals surface area contributed by atoms with Gasteiger partial charge >= 0.3 is 0 Å². The average molecular weight is 361 g/mol. The van der Waals surface area contributed by atoms with Crippen LogP contribution in [0.25, 0.3) is 0 Å². The second-order valence-electron chi connectivity index (χ2n) is 7.59. The van der Waals surface area contributed by atoms with Crippen molar-refractivity contribution in [1.82, 2.24) is 4.90 Å². The molecule has 0 aromatic heterocycles. The van der Waals surface area contributed by atoms with Crippen LogP contribution < -0.4 is 0 Å². The third-order valence-corrected chi connectivity index (χ3v) is 5.89. The van der Waals surface area contributed by atoms with Gasteiger partial charge in [0.1, 0.15) is 0 Å². The summed E-state index contributed by atoms with van der Waals surface area (Å²) in [5, 5.41) is 11.2. The van der Waals surface area contributed by atoms with Crippen molar-refractivity contribution in [3.63, 3.8) is 0 Å². The molecule has 0 saturated carbocycles. The van der Waals surface area contributed by atoms with Crippen molar-refractivity contribution in [2.24, 2.45) is 0 Å². The first-order valence-corrected chi connectivity index (χ1v) is 9.13. The summed E-state index contributed by atoms with van der Waals surface area (Å²) >= 11 is 0. The van der Waals surface area contributed by atoms with Crippen LogP contribution in [0, 0.1) is 17.5 Å². The topological polar surface area (TPSA) is 23.5 Å². The second-order valence-corrected chi connectivity index (χ2v) is 7.59. The zero-order chi connectivity index (χ0) is 18.3. The molecule has 2 nitrogen and oxygen atoms in total. The molecule has 5 heteroatoms. The van der Waals surface area contributed by atoms with Gasteiger partial charge in [-0.15, -0.1) is 0 Å². The Morgan fingerprint density at radius 3 is 2.12 bits per heavy atom. The minimum absolute atomic E-state index is 0.142. The summed E-state index contributed by atoms with van der Waals surface area (Å²) in [6.45, 7) is 0.804. The number of hydrogen-bond donors (Lipinski definition) is 1. The molecule has 2 fully saturated rings. The summed E-state index contributed by atoms with van der Waals surface area (Å²) in [6, 6.07) is 12.3. The smallest absolute Gasteiger partial charge is 0.194 e. The van der Waals surface area contributed by atoms with Gasteiger partial charge in [0.2, 0.25) is 0 Å². The quantitative estimate of drug-likeness (QED) is 0.813. The van der Waals surface area contributed by atoms with Crippen LogP contribution in [0.4, 0.5) is 13.2 Å². The molecule has 0 spiro atoms. The van der Waals surface area contributed by atoms with Crippen LogP contribution in [0.1, 0.15) is 43.2 Å². The minimum Gasteiger partial charge on any atom is -0.385 e. The van der Waals surface area contributed by atoms with Gasteiger partial charge in [0, 0.05) is 18.6 Å². The van der Waals surface area contributed by atoms with Crippen molar-refractivity contribution in [2.75, 3.05) is 0 Å². The lowest BCUT2D eigenvalue weighted by Gasteiger charge is -2.52. The number of halogens is 3. The lowest BCUT2D eigenvalue weighted by molar-refractivity contribution is -0.100. The maximum absolute atomic E-state index is 13.7. The minimum atomic E-state index is -1.49. The molecule has 0 aliphatic carbocycles. The van der Waals surface area contributed by atoms with E-state index < -0.39 is 23.1 Å². The van der Waals surface area contributed by atoms with Crippen molar-refractivity contribution < 1.29 is 18.3 Å². The third-order valence-electron chi connectivity index (χ3n) is 5.89. The van der Waals surface area contributed by atoms with E-state index >= 15 is 0 Å². The second kappa shape index (κ2) is 6.71. The van der Waals surface area contributed by atoms with Crippen LogP contribution in [0.2, 0.25) is 0 Å². The van der Waals surface area contributed by atoms with Crippen LogP contribution >= 0.6 is 0 Å². The Morgan fingerprint density at radius 1 is 0.962 bits per heavy atom. The predicted octanol–water partition coefficient (Wildman–Crippen LogP) is 4.51. The Hall–Kier alpha value is -1.85. The lowest BCUT2D eigenvalue weighted by Crippen LogP contribution is -2.56. The van der Waals surface area contributed by atoms with E-state index in [1.54, 1.807) is 0 Å². The number of aliphatic hydroxyl groups is 1. The van der Waals surface area contributed by atoms with E-state index in [0.29, 0.717) is 12.8 Å². The van der Waals surface area contributed by atoms with Gasteiger partial charge in [0.25, 0.3) is 0 Å². The monoisotopic (exact) mass is 361 g/mol. The largest absolute Gasteiger partial charge is 0.385 e. The molecule has 0 radical (unpaired) electrons. The number of hydrogen-bond acceptors (Lipinski definition) is 2. The highest BCUT2D eigenvalue weighted by Gasteiger charge is 2.46. The van der Waals surface area contributed by atoms with Gasteiger partial charge in [-0.05, 0) is 48.9 Å². The molecule has 138 valence electrons. The first-order valence-electron chi connectivity index (χ1n) is 9.13. The van der Waals surface area contributed by atoms with E-state index in [1.807, 2.05) is 18.2 Å². The number of piperidine rings is 2. The number of benzene rings is 2. The van der Waals surface area contributed by atoms with Crippen LogP contribution in [0.5, 0.6) is 0 Å². The summed E-state index contributed by atoms with van der Waals surface area (Å²) in [7, 11) is 0. The third kappa shape index (κ3) is 3.14. The van der Waals surface area contributed by atoms with E-state index in [9.17, 15) is 18.3 Å². The molecule has 2 bridgehead atoms. The molecular formula is C21H22F3NO. The van der Waals surface area contributed by atoms with Crippen molar-refractivity contribution in [3.8, 4) is 0 Å². The van der Waals surface area contributed by atoms with Gasteiger partial charge in [0.05, 0.1) is 5.60 Å². The molecule has 26 heavy (non-hydrogen) atoms. The Balaban J connectivity index is 1.61. The summed E-state index contributed by atoms with van der Waals surface area (Å²) in [6.07, 6.45) is 3.78. The van der Waals surface area contributed by atoms with Crippen molar-refractivity contribution in [2.45, 2.75) is 56.3 Å². The molecule has 2 atom stereocenters. The molecule has 0 amide bonds. The van der Waals surface area contributed by atoms with Gasteiger partial charge in [-0.2, -0.15) is 0 Å². The molecule has 2 aliphatic heterocycles. The highest BCUT2D eigenvalue weighted by molar-refractivity contribution is 5.27. The van der Waals surface area contributed by atoms with Crippen molar-refractivity contribution in [1.29, 1.82) is 0 Å². The standard InChI is InChI=1S/C21H22F3NO/c22-18-9-15(10-19(23)20(18)24)21(26)11-16-7-4-8-17(12-21)25(16)13-14-5-2-1-3-6-14/h1-3,5-6,9-10,16-17,26H,4,7-8,11-13H2. The highest BCUT2D eigenvalue weighted by atomic mass is 19.2. The normalized spacial score (nSPS) is 28.9. The molecule has 2 aliphatic rings. The number of rotatable bonds is 3. The van der Waals surface area contributed by atoms with Gasteiger partial charge in [0.15, 0.2) is 17.5 Å². The zero-order valence-electron chi connectivity index (χ0n) is 14.5. The summed E-state index contributed by atoms with van der Waals surface area (Å²) < 4.78 is 40.7. The van der Waals surface area contributed by atoms with E-state index in [-0.39, 0.29) is 17.6 Å². The van der Waals surface area contributed by atoms with E-state index in [2.05, 4.69) is 17.0 Å². The molecule has 2 unspecified atom stereocenters.